The second-order valence-electron chi connectivity index (χ2n) is 11.4. The van der Waals surface area contributed by atoms with E-state index in [1.54, 1.807) is 12.1 Å². The third kappa shape index (κ3) is 6.19. The van der Waals surface area contributed by atoms with Crippen molar-refractivity contribution in [2.45, 2.75) is 64.7 Å². The van der Waals surface area contributed by atoms with E-state index in [1.165, 1.54) is 12.1 Å². The maximum atomic E-state index is 13.7. The van der Waals surface area contributed by atoms with Crippen LogP contribution in [-0.2, 0) is 16.6 Å². The Kier molecular flexibility index (Phi) is 8.31. The molecule has 0 bridgehead atoms. The molecule has 4 heterocycles. The Morgan fingerprint density at radius 1 is 1.19 bits per heavy atom. The minimum atomic E-state index is -0.740. The van der Waals surface area contributed by atoms with Gasteiger partial charge in [0.05, 0.1) is 17.9 Å². The Morgan fingerprint density at radius 2 is 1.95 bits per heavy atom. The molecule has 1 N–H and O–H groups in total. The number of likely N-dealkylation sites (tertiary alicyclic amines) is 1. The predicted octanol–water partition coefficient (Wildman–Crippen LogP) is 3.78. The van der Waals surface area contributed by atoms with Crippen LogP contribution in [0.25, 0.3) is 0 Å². The molecule has 6 nitrogen and oxygen atoms in total. The largest absolute Gasteiger partial charge is 0.311 e. The highest BCUT2D eigenvalue weighted by Crippen LogP contribution is 2.39. The number of amides is 1. The molecule has 3 atom stereocenters. The number of carbonyl (C=O) groups is 1. The fourth-order valence-corrected chi connectivity index (χ4v) is 5.85. The highest BCUT2D eigenvalue weighted by atomic mass is 19.1. The van der Waals surface area contributed by atoms with E-state index in [-0.39, 0.29) is 30.6 Å². The van der Waals surface area contributed by atoms with Gasteiger partial charge >= 0.3 is 0 Å². The van der Waals surface area contributed by atoms with Crippen molar-refractivity contribution in [2.75, 3.05) is 50.7 Å². The molecular weight excluding hydrogens is 472 g/mol. The van der Waals surface area contributed by atoms with Crippen LogP contribution in [0.2, 0.25) is 0 Å². The first-order valence-electron chi connectivity index (χ1n) is 13.1. The lowest BCUT2D eigenvalue weighted by molar-refractivity contribution is -0.120. The number of nitrogens with zero attached hydrogens (tertiary/aromatic N) is 4. The average Bonchev–Trinajstić information content (AvgIpc) is 3.36. The number of piperazine rings is 1. The summed E-state index contributed by atoms with van der Waals surface area (Å²) in [6, 6.07) is 9.05. The first-order valence-corrected chi connectivity index (χ1v) is 13.1. The van der Waals surface area contributed by atoms with Gasteiger partial charge in [0.25, 0.3) is 0 Å². The Morgan fingerprint density at radius 3 is 2.65 bits per heavy atom. The van der Waals surface area contributed by atoms with Gasteiger partial charge in [-0.3, -0.25) is 19.6 Å². The lowest BCUT2D eigenvalue weighted by Crippen LogP contribution is -2.60. The molecule has 0 radical (unpaired) electrons. The first kappa shape index (κ1) is 27.6. The van der Waals surface area contributed by atoms with Crippen molar-refractivity contribution in [3.05, 3.63) is 59.2 Å². The second kappa shape index (κ2) is 11.1. The third-order valence-corrected chi connectivity index (χ3v) is 7.78. The topological polar surface area (TPSA) is 51.7 Å². The second-order valence-corrected chi connectivity index (χ2v) is 11.4. The van der Waals surface area contributed by atoms with E-state index in [0.717, 1.165) is 48.7 Å². The molecule has 8 heteroatoms. The number of pyridine rings is 1. The van der Waals surface area contributed by atoms with Crippen molar-refractivity contribution >= 4 is 11.6 Å². The summed E-state index contributed by atoms with van der Waals surface area (Å²) in [7, 11) is 0. The number of carbonyl (C=O) groups excluding carboxylic acids is 1. The highest BCUT2D eigenvalue weighted by Gasteiger charge is 2.41. The van der Waals surface area contributed by atoms with Gasteiger partial charge in [-0.1, -0.05) is 33.4 Å². The van der Waals surface area contributed by atoms with E-state index in [4.69, 9.17) is 4.98 Å². The molecule has 1 amide bonds. The molecule has 0 aliphatic carbocycles. The Hall–Kier alpha value is -2.42. The predicted molar refractivity (Wildman–Crippen MR) is 144 cm³/mol. The zero-order valence-corrected chi connectivity index (χ0v) is 21.5. The smallest absolute Gasteiger partial charge is 0.241 e. The standard InChI is InChI=1S/C28H37F2N5O.CH4/c1-19-14-34(24(13-31-19)16-33-9-8-23(30)15-33)17-26(36)35-18-28(2,3)27-25(35)11-21(12-32-27)10-20-4-6-22(29)7-5-20;/h4-7,11-12,19,23-24,31H,8-10,13-18H2,1-3H3;1H4/t19-,23-,24-;/m1./s1. The van der Waals surface area contributed by atoms with Crippen LogP contribution in [0.4, 0.5) is 14.5 Å². The van der Waals surface area contributed by atoms with Crippen LogP contribution in [0.5, 0.6) is 0 Å². The fourth-order valence-electron chi connectivity index (χ4n) is 5.85. The van der Waals surface area contributed by atoms with E-state index in [2.05, 4.69) is 42.0 Å². The lowest BCUT2D eigenvalue weighted by atomic mass is 9.91. The number of nitrogens with one attached hydrogen (secondary N) is 1. The summed E-state index contributed by atoms with van der Waals surface area (Å²) in [6.45, 7) is 11.0. The molecule has 2 fully saturated rings. The minimum absolute atomic E-state index is 0. The fraction of sp³-hybridized carbons (Fsp3) is 0.586. The maximum Gasteiger partial charge on any atom is 0.241 e. The highest BCUT2D eigenvalue weighted by molar-refractivity contribution is 5.97. The van der Waals surface area contributed by atoms with Gasteiger partial charge in [0.1, 0.15) is 12.0 Å². The number of alkyl halides is 1. The first-order chi connectivity index (χ1) is 17.2. The van der Waals surface area contributed by atoms with Crippen LogP contribution in [-0.4, -0.2) is 84.8 Å². The summed E-state index contributed by atoms with van der Waals surface area (Å²) < 4.78 is 27.1. The molecule has 0 spiro atoms. The number of halogens is 2. The zero-order chi connectivity index (χ0) is 25.4. The summed E-state index contributed by atoms with van der Waals surface area (Å²) in [4.78, 5) is 24.9. The van der Waals surface area contributed by atoms with Crippen LogP contribution in [0.3, 0.4) is 0 Å². The summed E-state index contributed by atoms with van der Waals surface area (Å²) in [5.74, 6) is -0.175. The molecule has 1 aromatic heterocycles. The number of hydrogen-bond acceptors (Lipinski definition) is 5. The quantitative estimate of drug-likeness (QED) is 0.637. The maximum absolute atomic E-state index is 13.7. The van der Waals surface area contributed by atoms with Crippen molar-refractivity contribution in [1.82, 2.24) is 20.1 Å². The van der Waals surface area contributed by atoms with Crippen LogP contribution < -0.4 is 10.2 Å². The summed E-state index contributed by atoms with van der Waals surface area (Å²) in [6.07, 6.45) is 2.37. The zero-order valence-electron chi connectivity index (χ0n) is 21.5. The van der Waals surface area contributed by atoms with Gasteiger partial charge in [-0.05, 0) is 49.1 Å². The third-order valence-electron chi connectivity index (χ3n) is 7.78. The number of rotatable bonds is 6. The summed E-state index contributed by atoms with van der Waals surface area (Å²) in [5, 5.41) is 3.53. The van der Waals surface area contributed by atoms with Gasteiger partial charge in [0, 0.05) is 63.0 Å². The van der Waals surface area contributed by atoms with Crippen LogP contribution >= 0.6 is 0 Å². The molecule has 3 aliphatic rings. The number of fused-ring (bicyclic) bond motifs is 1. The molecule has 0 saturated carbocycles. The van der Waals surface area contributed by atoms with Gasteiger partial charge in [-0.15, -0.1) is 0 Å². The molecule has 3 aliphatic heterocycles. The Balaban J connectivity index is 0.00000320. The van der Waals surface area contributed by atoms with E-state index in [9.17, 15) is 13.6 Å². The SMILES string of the molecule is C.C[C@@H]1CN(CC(=O)N2CC(C)(C)c3ncc(Cc4ccc(F)cc4)cc32)[C@@H](CN2CC[C@@H](F)C2)CN1. The molecule has 1 aromatic carbocycles. The van der Waals surface area contributed by atoms with Gasteiger partial charge < -0.3 is 10.2 Å². The molecule has 2 saturated heterocycles. The van der Waals surface area contributed by atoms with Gasteiger partial charge in [0.2, 0.25) is 5.91 Å². The van der Waals surface area contributed by atoms with Crippen molar-refractivity contribution < 1.29 is 13.6 Å². The molecule has 5 rings (SSSR count). The van der Waals surface area contributed by atoms with E-state index in [1.807, 2.05) is 11.1 Å². The van der Waals surface area contributed by atoms with Gasteiger partial charge in [0.15, 0.2) is 0 Å². The monoisotopic (exact) mass is 513 g/mol. The van der Waals surface area contributed by atoms with Crippen molar-refractivity contribution in [2.24, 2.45) is 0 Å². The number of anilines is 1. The summed E-state index contributed by atoms with van der Waals surface area (Å²) in [5.41, 5.74) is 3.59. The molecule has 0 unspecified atom stereocenters. The number of aromatic nitrogens is 1. The Labute approximate surface area is 220 Å². The minimum Gasteiger partial charge on any atom is -0.311 e. The number of benzene rings is 1. The van der Waals surface area contributed by atoms with Gasteiger partial charge in [-0.25, -0.2) is 8.78 Å². The molecule has 202 valence electrons. The van der Waals surface area contributed by atoms with Crippen LogP contribution in [0.15, 0.2) is 36.5 Å². The van der Waals surface area contributed by atoms with Gasteiger partial charge in [-0.2, -0.15) is 0 Å². The van der Waals surface area contributed by atoms with E-state index < -0.39 is 6.17 Å². The van der Waals surface area contributed by atoms with Crippen molar-refractivity contribution in [3.63, 3.8) is 0 Å². The van der Waals surface area contributed by atoms with E-state index >= 15 is 0 Å². The lowest BCUT2D eigenvalue weighted by Gasteiger charge is -2.41. The van der Waals surface area contributed by atoms with Crippen molar-refractivity contribution in [1.29, 1.82) is 0 Å². The normalized spacial score (nSPS) is 25.6. The summed E-state index contributed by atoms with van der Waals surface area (Å²) >= 11 is 0. The van der Waals surface area contributed by atoms with Crippen molar-refractivity contribution in [3.8, 4) is 0 Å². The number of hydrogen-bond donors (Lipinski definition) is 1. The molecular formula is C29H41F2N5O. The Bertz CT molecular complexity index is 1090. The molecule has 37 heavy (non-hydrogen) atoms. The van der Waals surface area contributed by atoms with E-state index in [0.29, 0.717) is 38.5 Å². The average molecular weight is 514 g/mol. The molecule has 2 aromatic rings. The van der Waals surface area contributed by atoms with Crippen LogP contribution in [0, 0.1) is 5.82 Å². The van der Waals surface area contributed by atoms with Crippen LogP contribution in [0.1, 0.15) is 51.4 Å².